The number of nitrogens with zero attached hydrogens (tertiary/aromatic N) is 1. The van der Waals surface area contributed by atoms with E-state index in [9.17, 15) is 4.79 Å². The molecule has 0 saturated carbocycles. The van der Waals surface area contributed by atoms with Crippen LogP contribution in [0.2, 0.25) is 10.0 Å². The van der Waals surface area contributed by atoms with Gasteiger partial charge in [0.15, 0.2) is 0 Å². The van der Waals surface area contributed by atoms with E-state index in [0.29, 0.717) is 22.2 Å². The largest absolute Gasteiger partial charge is 0.337 e. The van der Waals surface area contributed by atoms with Gasteiger partial charge in [-0.25, -0.2) is 0 Å². The summed E-state index contributed by atoms with van der Waals surface area (Å²) in [6.07, 6.45) is 1.92. The highest BCUT2D eigenvalue weighted by atomic mass is 35.5. The number of piperidine rings is 1. The van der Waals surface area contributed by atoms with Gasteiger partial charge in [0, 0.05) is 34.7 Å². The second kappa shape index (κ2) is 6.62. The number of hydrogen-bond acceptors (Lipinski definition) is 2. The molecule has 1 amide bonds. The van der Waals surface area contributed by atoms with Gasteiger partial charge in [-0.15, -0.1) is 12.4 Å². The number of halogens is 3. The van der Waals surface area contributed by atoms with Gasteiger partial charge in [0.2, 0.25) is 0 Å². The summed E-state index contributed by atoms with van der Waals surface area (Å²) in [6, 6.07) is 4.95. The molecule has 0 radical (unpaired) electrons. The summed E-state index contributed by atoms with van der Waals surface area (Å²) in [5.41, 5.74) is 6.38. The number of nitrogens with two attached hydrogens (primary N) is 1. The second-order valence-corrected chi connectivity index (χ2v) is 5.18. The smallest absolute Gasteiger partial charge is 0.254 e. The van der Waals surface area contributed by atoms with E-state index in [4.69, 9.17) is 28.9 Å². The van der Waals surface area contributed by atoms with Crippen molar-refractivity contribution in [3.8, 4) is 0 Å². The molecule has 100 valence electrons. The summed E-state index contributed by atoms with van der Waals surface area (Å²) >= 11 is 11.8. The van der Waals surface area contributed by atoms with Crippen LogP contribution in [0.1, 0.15) is 23.2 Å². The van der Waals surface area contributed by atoms with Gasteiger partial charge in [-0.2, -0.15) is 0 Å². The first kappa shape index (κ1) is 15.6. The molecule has 0 bridgehead atoms. The molecule has 1 fully saturated rings. The maximum Gasteiger partial charge on any atom is 0.254 e. The van der Waals surface area contributed by atoms with Gasteiger partial charge in [0.05, 0.1) is 0 Å². The van der Waals surface area contributed by atoms with Crippen LogP contribution in [0, 0.1) is 0 Å². The second-order valence-electron chi connectivity index (χ2n) is 4.31. The highest BCUT2D eigenvalue weighted by molar-refractivity contribution is 6.35. The summed E-state index contributed by atoms with van der Waals surface area (Å²) < 4.78 is 0. The lowest BCUT2D eigenvalue weighted by atomic mass is 10.1. The van der Waals surface area contributed by atoms with Gasteiger partial charge in [0.25, 0.3) is 5.91 Å². The zero-order valence-electron chi connectivity index (χ0n) is 9.73. The quantitative estimate of drug-likeness (QED) is 0.867. The van der Waals surface area contributed by atoms with Gasteiger partial charge in [-0.3, -0.25) is 4.79 Å². The molecule has 2 N–H and O–H groups in total. The molecule has 1 aromatic carbocycles. The first-order chi connectivity index (χ1) is 8.06. The molecule has 1 heterocycles. The maximum atomic E-state index is 12.2. The highest BCUT2D eigenvalue weighted by Gasteiger charge is 2.22. The predicted molar refractivity (Wildman–Crippen MR) is 76.8 cm³/mol. The van der Waals surface area contributed by atoms with Crippen LogP contribution in [0.15, 0.2) is 18.2 Å². The molecule has 1 aromatic rings. The van der Waals surface area contributed by atoms with Crippen LogP contribution in [0.25, 0.3) is 0 Å². The summed E-state index contributed by atoms with van der Waals surface area (Å²) in [5.74, 6) is -0.0513. The molecule has 0 spiro atoms. The Morgan fingerprint density at radius 1 is 1.28 bits per heavy atom. The van der Waals surface area contributed by atoms with Crippen LogP contribution in [0.4, 0.5) is 0 Å². The average Bonchev–Trinajstić information content (AvgIpc) is 2.26. The topological polar surface area (TPSA) is 46.3 Å². The molecule has 1 atom stereocenters. The number of carbonyl (C=O) groups excluding carboxylic acids is 1. The van der Waals surface area contributed by atoms with Crippen molar-refractivity contribution < 1.29 is 4.79 Å². The highest BCUT2D eigenvalue weighted by Crippen LogP contribution is 2.21. The van der Waals surface area contributed by atoms with Crippen molar-refractivity contribution in [1.29, 1.82) is 0 Å². The number of amides is 1. The van der Waals surface area contributed by atoms with E-state index in [1.807, 2.05) is 0 Å². The first-order valence-electron chi connectivity index (χ1n) is 5.57. The minimum absolute atomic E-state index is 0. The van der Waals surface area contributed by atoms with E-state index < -0.39 is 0 Å². The van der Waals surface area contributed by atoms with Crippen LogP contribution in [0.5, 0.6) is 0 Å². The summed E-state index contributed by atoms with van der Waals surface area (Å²) in [5, 5.41) is 0.948. The molecule has 0 aliphatic carbocycles. The van der Waals surface area contributed by atoms with Crippen molar-refractivity contribution in [2.45, 2.75) is 18.9 Å². The van der Waals surface area contributed by atoms with Gasteiger partial charge >= 0.3 is 0 Å². The monoisotopic (exact) mass is 308 g/mol. The molecule has 1 aliphatic rings. The average molecular weight is 310 g/mol. The molecular formula is C12H15Cl3N2O. The fourth-order valence-corrected chi connectivity index (χ4v) is 2.58. The van der Waals surface area contributed by atoms with Gasteiger partial charge < -0.3 is 10.6 Å². The Labute approximate surface area is 123 Å². The van der Waals surface area contributed by atoms with E-state index >= 15 is 0 Å². The van der Waals surface area contributed by atoms with E-state index in [1.165, 1.54) is 0 Å². The van der Waals surface area contributed by atoms with Crippen LogP contribution in [-0.4, -0.2) is 29.9 Å². The Kier molecular flexibility index (Phi) is 5.73. The SMILES string of the molecule is Cl.N[C@@H]1CCCN(C(=O)c2cc(Cl)cc(Cl)c2)C1. The van der Waals surface area contributed by atoms with Crippen molar-refractivity contribution in [3.63, 3.8) is 0 Å². The van der Waals surface area contributed by atoms with E-state index in [0.717, 1.165) is 19.4 Å². The number of benzene rings is 1. The van der Waals surface area contributed by atoms with Crippen LogP contribution < -0.4 is 5.73 Å². The van der Waals surface area contributed by atoms with E-state index in [2.05, 4.69) is 0 Å². The van der Waals surface area contributed by atoms with Gasteiger partial charge in [0.1, 0.15) is 0 Å². The van der Waals surface area contributed by atoms with Crippen molar-refractivity contribution in [1.82, 2.24) is 4.90 Å². The Morgan fingerprint density at radius 3 is 2.44 bits per heavy atom. The molecule has 6 heteroatoms. The molecular weight excluding hydrogens is 295 g/mol. The minimum atomic E-state index is -0.0513. The number of hydrogen-bond donors (Lipinski definition) is 1. The summed E-state index contributed by atoms with van der Waals surface area (Å²) in [4.78, 5) is 14.0. The number of likely N-dealkylation sites (tertiary alicyclic amines) is 1. The van der Waals surface area contributed by atoms with Gasteiger partial charge in [-0.1, -0.05) is 23.2 Å². The molecule has 0 aromatic heterocycles. The molecule has 1 aliphatic heterocycles. The lowest BCUT2D eigenvalue weighted by molar-refractivity contribution is 0.0709. The molecule has 18 heavy (non-hydrogen) atoms. The number of carbonyl (C=O) groups is 1. The van der Waals surface area contributed by atoms with E-state index in [1.54, 1.807) is 23.1 Å². The third-order valence-corrected chi connectivity index (χ3v) is 3.29. The zero-order chi connectivity index (χ0) is 12.4. The third kappa shape index (κ3) is 3.75. The molecule has 2 rings (SSSR count). The standard InChI is InChI=1S/C12H14Cl2N2O.ClH/c13-9-4-8(5-10(14)6-9)12(17)16-3-1-2-11(15)7-16;/h4-6,11H,1-3,7,15H2;1H/t11-;/m1./s1. The molecule has 0 unspecified atom stereocenters. The molecule has 3 nitrogen and oxygen atoms in total. The Morgan fingerprint density at radius 2 is 1.89 bits per heavy atom. The van der Waals surface area contributed by atoms with Gasteiger partial charge in [-0.05, 0) is 31.0 Å². The van der Waals surface area contributed by atoms with Crippen molar-refractivity contribution in [2.24, 2.45) is 5.73 Å². The Balaban J connectivity index is 0.00000162. The lowest BCUT2D eigenvalue weighted by Crippen LogP contribution is -2.45. The fraction of sp³-hybridized carbons (Fsp3) is 0.417. The van der Waals surface area contributed by atoms with Crippen molar-refractivity contribution in [3.05, 3.63) is 33.8 Å². The van der Waals surface area contributed by atoms with Crippen LogP contribution >= 0.6 is 35.6 Å². The molecule has 1 saturated heterocycles. The Hall–Kier alpha value is -0.480. The van der Waals surface area contributed by atoms with Crippen molar-refractivity contribution in [2.75, 3.05) is 13.1 Å². The first-order valence-corrected chi connectivity index (χ1v) is 6.33. The van der Waals surface area contributed by atoms with Crippen LogP contribution in [-0.2, 0) is 0 Å². The maximum absolute atomic E-state index is 12.2. The van der Waals surface area contributed by atoms with Crippen LogP contribution in [0.3, 0.4) is 0 Å². The summed E-state index contributed by atoms with van der Waals surface area (Å²) in [6.45, 7) is 1.35. The van der Waals surface area contributed by atoms with Crippen molar-refractivity contribution >= 4 is 41.5 Å². The lowest BCUT2D eigenvalue weighted by Gasteiger charge is -2.30. The fourth-order valence-electron chi connectivity index (χ4n) is 2.05. The Bertz CT molecular complexity index is 419. The normalized spacial score (nSPS) is 19.3. The number of rotatable bonds is 1. The summed E-state index contributed by atoms with van der Waals surface area (Å²) in [7, 11) is 0. The van der Waals surface area contributed by atoms with E-state index in [-0.39, 0.29) is 24.4 Å². The minimum Gasteiger partial charge on any atom is -0.337 e. The zero-order valence-corrected chi connectivity index (χ0v) is 12.1. The predicted octanol–water partition coefficient (Wildman–Crippen LogP) is 2.98. The third-order valence-electron chi connectivity index (χ3n) is 2.85.